The molecular formula is C25H27BrN6O6. The van der Waals surface area contributed by atoms with Crippen LogP contribution in [0.25, 0.3) is 11.2 Å². The number of aromatic amines is 1. The number of phenolic OH excluding ortho intramolecular Hbond substituents is 1. The molecular weight excluding hydrogens is 560 g/mol. The number of aromatic hydroxyl groups is 1. The van der Waals surface area contributed by atoms with Crippen LogP contribution in [0.1, 0.15) is 18.1 Å². The van der Waals surface area contributed by atoms with Crippen LogP contribution in [0.5, 0.6) is 17.2 Å². The van der Waals surface area contributed by atoms with Gasteiger partial charge in [0.1, 0.15) is 18.5 Å². The van der Waals surface area contributed by atoms with Crippen LogP contribution < -0.4 is 26.1 Å². The number of imidazole rings is 1. The fourth-order valence-corrected chi connectivity index (χ4v) is 4.15. The summed E-state index contributed by atoms with van der Waals surface area (Å²) in [7, 11) is 1.48. The Morgan fingerprint density at radius 2 is 1.97 bits per heavy atom. The Morgan fingerprint density at radius 1 is 1.24 bits per heavy atom. The van der Waals surface area contributed by atoms with Gasteiger partial charge in [-0.2, -0.15) is 10.1 Å². The van der Waals surface area contributed by atoms with Gasteiger partial charge < -0.3 is 24.3 Å². The van der Waals surface area contributed by atoms with Crippen molar-refractivity contribution < 1.29 is 19.7 Å². The van der Waals surface area contributed by atoms with Crippen LogP contribution in [0.4, 0.5) is 5.95 Å². The average molecular weight is 587 g/mol. The first kappa shape index (κ1) is 26.9. The molecule has 0 aliphatic rings. The van der Waals surface area contributed by atoms with Gasteiger partial charge in [-0.05, 0) is 59.6 Å². The first-order valence-electron chi connectivity index (χ1n) is 11.7. The molecule has 0 radical (unpaired) electrons. The summed E-state index contributed by atoms with van der Waals surface area (Å²) in [5.41, 5.74) is 3.40. The van der Waals surface area contributed by atoms with Gasteiger partial charge in [-0.15, -0.1) is 0 Å². The zero-order valence-corrected chi connectivity index (χ0v) is 22.5. The number of nitrogens with zero attached hydrogens (tertiary/aromatic N) is 4. The standard InChI is InChI=1S/C25H27BrN6O6/c1-4-37-19-10-15(9-18(26)21(19)34)11-27-30-24-28-22-20(23(35)29-25(36)31(22)3)32(24)12-16(33)13-38-17-7-5-14(2)6-8-17/h5-11,16,33-34H,4,12-13H2,1-3H3,(H,28,30)(H,29,35,36). The molecule has 0 aliphatic heterocycles. The predicted octanol–water partition coefficient (Wildman–Crippen LogP) is 2.48. The molecule has 0 saturated carbocycles. The molecule has 0 saturated heterocycles. The number of rotatable bonds is 10. The van der Waals surface area contributed by atoms with E-state index in [0.717, 1.165) is 5.56 Å². The highest BCUT2D eigenvalue weighted by Gasteiger charge is 2.20. The van der Waals surface area contributed by atoms with E-state index in [9.17, 15) is 19.8 Å². The van der Waals surface area contributed by atoms with Gasteiger partial charge in [0.2, 0.25) is 5.95 Å². The van der Waals surface area contributed by atoms with Crippen molar-refractivity contribution in [2.24, 2.45) is 12.1 Å². The number of aryl methyl sites for hydroxylation is 2. The molecule has 1 atom stereocenters. The van der Waals surface area contributed by atoms with Gasteiger partial charge in [-0.3, -0.25) is 14.3 Å². The van der Waals surface area contributed by atoms with Crippen molar-refractivity contribution in [3.05, 3.63) is 72.8 Å². The van der Waals surface area contributed by atoms with Gasteiger partial charge in [0.05, 0.1) is 23.8 Å². The lowest BCUT2D eigenvalue weighted by atomic mass is 10.2. The fourth-order valence-electron chi connectivity index (χ4n) is 3.69. The molecule has 12 nitrogen and oxygen atoms in total. The lowest BCUT2D eigenvalue weighted by Gasteiger charge is -2.15. The number of nitrogens with one attached hydrogen (secondary N) is 2. The van der Waals surface area contributed by atoms with Crippen molar-refractivity contribution in [3.63, 3.8) is 0 Å². The van der Waals surface area contributed by atoms with Crippen LogP contribution in [-0.4, -0.2) is 54.8 Å². The lowest BCUT2D eigenvalue weighted by Crippen LogP contribution is -2.30. The van der Waals surface area contributed by atoms with Gasteiger partial charge in [-0.1, -0.05) is 17.7 Å². The Hall–Kier alpha value is -4.10. The van der Waals surface area contributed by atoms with Crippen molar-refractivity contribution in [1.82, 2.24) is 19.1 Å². The van der Waals surface area contributed by atoms with E-state index in [1.165, 1.54) is 22.4 Å². The number of benzene rings is 2. The number of ether oxygens (including phenoxy) is 2. The van der Waals surface area contributed by atoms with Crippen LogP contribution in [0.15, 0.2) is 55.6 Å². The van der Waals surface area contributed by atoms with Crippen molar-refractivity contribution in [1.29, 1.82) is 0 Å². The Bertz CT molecular complexity index is 1590. The molecule has 4 rings (SSSR count). The van der Waals surface area contributed by atoms with E-state index < -0.39 is 17.4 Å². The molecule has 1 unspecified atom stereocenters. The Kier molecular flexibility index (Phi) is 8.17. The second-order valence-electron chi connectivity index (χ2n) is 8.47. The highest BCUT2D eigenvalue weighted by molar-refractivity contribution is 9.10. The van der Waals surface area contributed by atoms with Crippen LogP contribution in [0.2, 0.25) is 0 Å². The van der Waals surface area contributed by atoms with E-state index in [1.54, 1.807) is 31.2 Å². The van der Waals surface area contributed by atoms with E-state index in [4.69, 9.17) is 9.47 Å². The summed E-state index contributed by atoms with van der Waals surface area (Å²) in [4.78, 5) is 31.4. The number of hydrazone groups is 1. The average Bonchev–Trinajstić information content (AvgIpc) is 3.24. The van der Waals surface area contributed by atoms with Crippen LogP contribution in [-0.2, 0) is 13.6 Å². The molecule has 0 amide bonds. The third-order valence-electron chi connectivity index (χ3n) is 5.59. The molecule has 0 bridgehead atoms. The van der Waals surface area contributed by atoms with Gasteiger partial charge in [-0.25, -0.2) is 10.2 Å². The Morgan fingerprint density at radius 3 is 2.68 bits per heavy atom. The minimum absolute atomic E-state index is 0.0271. The van der Waals surface area contributed by atoms with Crippen LogP contribution in [0, 0.1) is 6.92 Å². The topological polar surface area (TPSA) is 156 Å². The normalized spacial score (nSPS) is 12.2. The van der Waals surface area contributed by atoms with Gasteiger partial charge in [0.25, 0.3) is 5.56 Å². The molecule has 38 heavy (non-hydrogen) atoms. The zero-order valence-electron chi connectivity index (χ0n) is 20.9. The number of aliphatic hydroxyl groups is 1. The number of halogens is 1. The molecule has 2 aromatic carbocycles. The van der Waals surface area contributed by atoms with Crippen molar-refractivity contribution >= 4 is 39.3 Å². The SMILES string of the molecule is CCOc1cc(C=NNc2nc3c(c(=O)[nH]c(=O)n3C)n2CC(O)COc2ccc(C)cc2)cc(Br)c1O. The monoisotopic (exact) mass is 586 g/mol. The first-order chi connectivity index (χ1) is 18.2. The summed E-state index contributed by atoms with van der Waals surface area (Å²) in [5.74, 6) is 0.981. The first-order valence-corrected chi connectivity index (χ1v) is 12.5. The molecule has 200 valence electrons. The summed E-state index contributed by atoms with van der Waals surface area (Å²) in [6.07, 6.45) is 0.452. The van der Waals surface area contributed by atoms with Gasteiger partial charge in [0.15, 0.2) is 22.7 Å². The second kappa shape index (κ2) is 11.5. The van der Waals surface area contributed by atoms with Crippen LogP contribution >= 0.6 is 15.9 Å². The summed E-state index contributed by atoms with van der Waals surface area (Å²) < 4.78 is 14.2. The van der Waals surface area contributed by atoms with E-state index in [0.29, 0.717) is 22.4 Å². The van der Waals surface area contributed by atoms with E-state index in [1.807, 2.05) is 19.1 Å². The molecule has 4 N–H and O–H groups in total. The minimum Gasteiger partial charge on any atom is -0.503 e. The largest absolute Gasteiger partial charge is 0.503 e. The van der Waals surface area contributed by atoms with Crippen molar-refractivity contribution in [2.75, 3.05) is 18.6 Å². The van der Waals surface area contributed by atoms with Crippen molar-refractivity contribution in [2.45, 2.75) is 26.5 Å². The highest BCUT2D eigenvalue weighted by Crippen LogP contribution is 2.35. The number of fused-ring (bicyclic) bond motifs is 1. The fraction of sp³-hybridized carbons (Fsp3) is 0.280. The third-order valence-corrected chi connectivity index (χ3v) is 6.20. The summed E-state index contributed by atoms with van der Waals surface area (Å²) in [6, 6.07) is 10.7. The predicted molar refractivity (Wildman–Crippen MR) is 146 cm³/mol. The third kappa shape index (κ3) is 5.89. The maximum atomic E-state index is 12.7. The molecule has 2 aromatic heterocycles. The Labute approximate surface area is 225 Å². The molecule has 2 heterocycles. The second-order valence-corrected chi connectivity index (χ2v) is 9.32. The summed E-state index contributed by atoms with van der Waals surface area (Å²) >= 11 is 3.28. The van der Waals surface area contributed by atoms with E-state index in [-0.39, 0.29) is 41.8 Å². The van der Waals surface area contributed by atoms with Crippen molar-refractivity contribution in [3.8, 4) is 17.2 Å². The number of H-pyrrole nitrogens is 1. The highest BCUT2D eigenvalue weighted by atomic mass is 79.9. The minimum atomic E-state index is -1.02. The molecule has 0 spiro atoms. The molecule has 0 fully saturated rings. The maximum Gasteiger partial charge on any atom is 0.329 e. The number of aliphatic hydroxyl groups excluding tert-OH is 1. The van der Waals surface area contributed by atoms with Gasteiger partial charge in [0, 0.05) is 7.05 Å². The smallest absolute Gasteiger partial charge is 0.329 e. The number of aromatic nitrogens is 4. The van der Waals surface area contributed by atoms with Gasteiger partial charge >= 0.3 is 5.69 Å². The molecule has 0 aliphatic carbocycles. The van der Waals surface area contributed by atoms with E-state index >= 15 is 0 Å². The Balaban J connectivity index is 1.62. The van der Waals surface area contributed by atoms with Crippen LogP contribution in [0.3, 0.4) is 0 Å². The summed E-state index contributed by atoms with van der Waals surface area (Å²) in [5, 5.41) is 25.0. The molecule has 4 aromatic rings. The number of anilines is 1. The number of hydrogen-bond acceptors (Lipinski definition) is 9. The van der Waals surface area contributed by atoms with E-state index in [2.05, 4.69) is 36.4 Å². The zero-order chi connectivity index (χ0) is 27.4. The quantitative estimate of drug-likeness (QED) is 0.163. The lowest BCUT2D eigenvalue weighted by molar-refractivity contribution is 0.0938. The molecule has 13 heteroatoms. The number of hydrogen-bond donors (Lipinski definition) is 4. The summed E-state index contributed by atoms with van der Waals surface area (Å²) in [6.45, 7) is 4.02. The maximum absolute atomic E-state index is 12.7. The number of phenols is 1.